The van der Waals surface area contributed by atoms with Gasteiger partial charge in [0.15, 0.2) is 0 Å². The van der Waals surface area contributed by atoms with Crippen molar-refractivity contribution in [3.05, 3.63) is 0 Å². The summed E-state index contributed by atoms with van der Waals surface area (Å²) >= 11 is 0. The first-order valence-electron chi connectivity index (χ1n) is 6.56. The zero-order valence-corrected chi connectivity index (χ0v) is 10.8. The van der Waals surface area contributed by atoms with E-state index in [4.69, 9.17) is 0 Å². The van der Waals surface area contributed by atoms with Crippen LogP contribution < -0.4 is 5.32 Å². The first-order chi connectivity index (χ1) is 7.17. The maximum Gasteiger partial charge on any atom is 0.0153 e. The van der Waals surface area contributed by atoms with Gasteiger partial charge in [0.25, 0.3) is 0 Å². The molecule has 1 aliphatic heterocycles. The minimum Gasteiger partial charge on any atom is -0.320 e. The van der Waals surface area contributed by atoms with Gasteiger partial charge >= 0.3 is 0 Å². The molecule has 0 radical (unpaired) electrons. The highest BCUT2D eigenvalue weighted by Crippen LogP contribution is 2.28. The molecule has 0 aromatic carbocycles. The van der Waals surface area contributed by atoms with Crippen molar-refractivity contribution in [2.45, 2.75) is 57.9 Å². The monoisotopic (exact) mass is 212 g/mol. The smallest absolute Gasteiger partial charge is 0.0153 e. The number of rotatable bonds is 7. The third kappa shape index (κ3) is 4.52. The van der Waals surface area contributed by atoms with Crippen LogP contribution in [0.5, 0.6) is 0 Å². The van der Waals surface area contributed by atoms with E-state index in [0.29, 0.717) is 5.54 Å². The second-order valence-corrected chi connectivity index (χ2v) is 5.42. The minimum atomic E-state index is 0.477. The van der Waals surface area contributed by atoms with Crippen molar-refractivity contribution in [1.82, 2.24) is 10.2 Å². The third-order valence-electron chi connectivity index (χ3n) is 3.68. The van der Waals surface area contributed by atoms with E-state index in [0.717, 1.165) is 0 Å². The van der Waals surface area contributed by atoms with Gasteiger partial charge < -0.3 is 5.32 Å². The fraction of sp³-hybridized carbons (Fsp3) is 1.00. The highest BCUT2D eigenvalue weighted by molar-refractivity contribution is 4.87. The fourth-order valence-corrected chi connectivity index (χ4v) is 2.54. The lowest BCUT2D eigenvalue weighted by atomic mass is 10.0. The van der Waals surface area contributed by atoms with Crippen molar-refractivity contribution in [1.29, 1.82) is 0 Å². The predicted molar refractivity (Wildman–Crippen MR) is 67.3 cm³/mol. The molecule has 0 unspecified atom stereocenters. The average Bonchev–Trinajstić information content (AvgIpc) is 2.52. The molecule has 1 fully saturated rings. The van der Waals surface area contributed by atoms with Crippen LogP contribution in [0.15, 0.2) is 0 Å². The molecule has 15 heavy (non-hydrogen) atoms. The third-order valence-corrected chi connectivity index (χ3v) is 3.68. The lowest BCUT2D eigenvalue weighted by Gasteiger charge is -2.31. The van der Waals surface area contributed by atoms with Gasteiger partial charge in [0.2, 0.25) is 0 Å². The van der Waals surface area contributed by atoms with Crippen molar-refractivity contribution in [2.24, 2.45) is 0 Å². The number of hydrogen-bond donors (Lipinski definition) is 1. The molecule has 1 heterocycles. The van der Waals surface area contributed by atoms with Gasteiger partial charge in [-0.05, 0) is 66.2 Å². The van der Waals surface area contributed by atoms with E-state index >= 15 is 0 Å². The van der Waals surface area contributed by atoms with Crippen molar-refractivity contribution in [3.8, 4) is 0 Å². The first-order valence-corrected chi connectivity index (χ1v) is 6.56. The number of nitrogens with one attached hydrogen (secondary N) is 1. The highest BCUT2D eigenvalue weighted by Gasteiger charge is 2.30. The number of unbranched alkanes of at least 4 members (excludes halogenated alkanes) is 3. The molecule has 1 saturated heterocycles. The predicted octanol–water partition coefficient (Wildman–Crippen LogP) is 2.64. The molecule has 0 bridgehead atoms. The first kappa shape index (κ1) is 13.0. The Bertz CT molecular complexity index is 166. The van der Waals surface area contributed by atoms with E-state index in [1.54, 1.807) is 0 Å². The van der Waals surface area contributed by atoms with Gasteiger partial charge in [-0.15, -0.1) is 0 Å². The van der Waals surface area contributed by atoms with E-state index in [2.05, 4.69) is 24.1 Å². The van der Waals surface area contributed by atoms with Crippen LogP contribution in [-0.2, 0) is 0 Å². The van der Waals surface area contributed by atoms with Gasteiger partial charge in [-0.25, -0.2) is 0 Å². The van der Waals surface area contributed by atoms with Gasteiger partial charge in [0, 0.05) is 5.54 Å². The zero-order chi connectivity index (χ0) is 11.1. The molecule has 0 aliphatic carbocycles. The summed E-state index contributed by atoms with van der Waals surface area (Å²) in [5.41, 5.74) is 0.477. The molecular weight excluding hydrogens is 184 g/mol. The van der Waals surface area contributed by atoms with Crippen LogP contribution in [0.4, 0.5) is 0 Å². The van der Waals surface area contributed by atoms with Crippen LogP contribution in [0.3, 0.4) is 0 Å². The number of hydrogen-bond acceptors (Lipinski definition) is 2. The largest absolute Gasteiger partial charge is 0.320 e. The van der Waals surface area contributed by atoms with Crippen molar-refractivity contribution < 1.29 is 0 Å². The summed E-state index contributed by atoms with van der Waals surface area (Å²) in [7, 11) is 2.03. The molecule has 1 aliphatic rings. The molecule has 2 nitrogen and oxygen atoms in total. The van der Waals surface area contributed by atoms with Crippen molar-refractivity contribution in [3.63, 3.8) is 0 Å². The van der Waals surface area contributed by atoms with Gasteiger partial charge in [0.1, 0.15) is 0 Å². The Hall–Kier alpha value is -0.0800. The Kier molecular flexibility index (Phi) is 5.62. The molecule has 2 heteroatoms. The van der Waals surface area contributed by atoms with Crippen LogP contribution in [0.25, 0.3) is 0 Å². The molecule has 0 spiro atoms. The molecule has 0 aromatic heterocycles. The average molecular weight is 212 g/mol. The minimum absolute atomic E-state index is 0.477. The van der Waals surface area contributed by atoms with Gasteiger partial charge in [0.05, 0.1) is 0 Å². The van der Waals surface area contributed by atoms with Crippen LogP contribution >= 0.6 is 0 Å². The highest BCUT2D eigenvalue weighted by atomic mass is 15.2. The van der Waals surface area contributed by atoms with Crippen molar-refractivity contribution in [2.75, 3.05) is 26.7 Å². The Morgan fingerprint density at radius 1 is 1.13 bits per heavy atom. The molecule has 0 atom stereocenters. The molecule has 1 N–H and O–H groups in total. The quantitative estimate of drug-likeness (QED) is 0.653. The summed E-state index contributed by atoms with van der Waals surface area (Å²) in [5, 5.41) is 3.20. The van der Waals surface area contributed by atoms with Crippen LogP contribution in [0.1, 0.15) is 52.4 Å². The zero-order valence-electron chi connectivity index (χ0n) is 10.8. The number of likely N-dealkylation sites (tertiary alicyclic amines) is 1. The van der Waals surface area contributed by atoms with E-state index in [9.17, 15) is 0 Å². The maximum atomic E-state index is 3.20. The maximum absolute atomic E-state index is 3.20. The van der Waals surface area contributed by atoms with Gasteiger partial charge in [-0.2, -0.15) is 0 Å². The van der Waals surface area contributed by atoms with E-state index in [1.165, 1.54) is 58.2 Å². The molecule has 0 saturated carbocycles. The van der Waals surface area contributed by atoms with E-state index < -0.39 is 0 Å². The van der Waals surface area contributed by atoms with E-state index in [1.807, 2.05) is 7.05 Å². The van der Waals surface area contributed by atoms with Crippen LogP contribution in [0.2, 0.25) is 0 Å². The van der Waals surface area contributed by atoms with Crippen LogP contribution in [0, 0.1) is 0 Å². The van der Waals surface area contributed by atoms with Crippen molar-refractivity contribution >= 4 is 0 Å². The summed E-state index contributed by atoms with van der Waals surface area (Å²) in [5.74, 6) is 0. The Labute approximate surface area is 95.4 Å². The summed E-state index contributed by atoms with van der Waals surface area (Å²) in [6.45, 7) is 8.59. The summed E-state index contributed by atoms with van der Waals surface area (Å²) in [4.78, 5) is 2.67. The Morgan fingerprint density at radius 2 is 1.87 bits per heavy atom. The Morgan fingerprint density at radius 3 is 2.47 bits per heavy atom. The molecule has 1 rings (SSSR count). The molecule has 0 aromatic rings. The van der Waals surface area contributed by atoms with Gasteiger partial charge in [-0.1, -0.05) is 12.8 Å². The summed E-state index contributed by atoms with van der Waals surface area (Å²) in [6, 6.07) is 0. The fourth-order valence-electron chi connectivity index (χ4n) is 2.54. The lowest BCUT2D eigenvalue weighted by molar-refractivity contribution is 0.171. The SMILES string of the molecule is CNCCCCCCN1CCCC1(C)C. The molecule has 90 valence electrons. The lowest BCUT2D eigenvalue weighted by Crippen LogP contribution is -2.38. The second kappa shape index (κ2) is 6.49. The topological polar surface area (TPSA) is 15.3 Å². The second-order valence-electron chi connectivity index (χ2n) is 5.42. The molecule has 0 amide bonds. The summed E-state index contributed by atoms with van der Waals surface area (Å²) in [6.07, 6.45) is 8.27. The Balaban J connectivity index is 2.00. The summed E-state index contributed by atoms with van der Waals surface area (Å²) < 4.78 is 0. The van der Waals surface area contributed by atoms with E-state index in [-0.39, 0.29) is 0 Å². The standard InChI is InChI=1S/C13H28N2/c1-13(2)9-8-12-15(13)11-7-5-4-6-10-14-3/h14H,4-12H2,1-3H3. The van der Waals surface area contributed by atoms with Gasteiger partial charge in [-0.3, -0.25) is 4.90 Å². The normalized spacial score (nSPS) is 21.0. The number of nitrogens with zero attached hydrogens (tertiary/aromatic N) is 1. The van der Waals surface area contributed by atoms with Crippen LogP contribution in [-0.4, -0.2) is 37.1 Å². The molecular formula is C13H28N2.